The van der Waals surface area contributed by atoms with Crippen LogP contribution in [-0.4, -0.2) is 12.4 Å². The van der Waals surface area contributed by atoms with Gasteiger partial charge in [-0.1, -0.05) is 29.8 Å². The largest absolute Gasteiger partial charge is 0.485 e. The number of Topliss-reactive ketones (excluding diaryl/α,β-unsaturated/α-hetero) is 1. The van der Waals surface area contributed by atoms with E-state index in [1.54, 1.807) is 60.7 Å². The molecule has 2 heterocycles. The SMILES string of the molecule is O=C(COc1ccc2c(=O)c3c(oc2c1)c(=O)oc1ccccc13)c1ccc(Cl)cc1. The Morgan fingerprint density at radius 1 is 0.871 bits per heavy atom. The molecule has 0 unspecified atom stereocenters. The van der Waals surface area contributed by atoms with Crippen molar-refractivity contribution in [3.8, 4) is 5.75 Å². The summed E-state index contributed by atoms with van der Waals surface area (Å²) >= 11 is 5.83. The molecule has 0 saturated carbocycles. The van der Waals surface area contributed by atoms with E-state index >= 15 is 0 Å². The van der Waals surface area contributed by atoms with Gasteiger partial charge in [0.05, 0.1) is 10.8 Å². The predicted molar refractivity (Wildman–Crippen MR) is 117 cm³/mol. The number of rotatable bonds is 4. The molecule has 0 amide bonds. The van der Waals surface area contributed by atoms with Crippen LogP contribution in [0.15, 0.2) is 85.2 Å². The van der Waals surface area contributed by atoms with E-state index in [2.05, 4.69) is 0 Å². The van der Waals surface area contributed by atoms with Gasteiger partial charge < -0.3 is 13.6 Å². The third-order valence-corrected chi connectivity index (χ3v) is 5.20. The zero-order valence-corrected chi connectivity index (χ0v) is 16.6. The lowest BCUT2D eigenvalue weighted by Crippen LogP contribution is -2.12. The zero-order chi connectivity index (χ0) is 21.5. The topological polar surface area (TPSA) is 86.7 Å². The molecule has 0 aliphatic carbocycles. The second kappa shape index (κ2) is 7.41. The quantitative estimate of drug-likeness (QED) is 0.172. The number of hydrogen-bond donors (Lipinski definition) is 0. The van der Waals surface area contributed by atoms with Crippen LogP contribution in [0, 0.1) is 0 Å². The third-order valence-electron chi connectivity index (χ3n) is 4.94. The number of carbonyl (C=O) groups excluding carboxylic acids is 1. The van der Waals surface area contributed by atoms with Gasteiger partial charge in [-0.15, -0.1) is 0 Å². The molecule has 0 spiro atoms. The van der Waals surface area contributed by atoms with Crippen LogP contribution in [0.25, 0.3) is 32.9 Å². The van der Waals surface area contributed by atoms with Crippen LogP contribution in [0.4, 0.5) is 0 Å². The van der Waals surface area contributed by atoms with Crippen LogP contribution in [0.1, 0.15) is 10.4 Å². The number of ketones is 1. The Morgan fingerprint density at radius 3 is 2.45 bits per heavy atom. The fourth-order valence-electron chi connectivity index (χ4n) is 3.43. The van der Waals surface area contributed by atoms with E-state index in [0.717, 1.165) is 0 Å². The number of carbonyl (C=O) groups is 1. The molecule has 0 fully saturated rings. The van der Waals surface area contributed by atoms with Crippen LogP contribution in [0.2, 0.25) is 5.02 Å². The Labute approximate surface area is 179 Å². The number of benzene rings is 3. The Hall–Kier alpha value is -3.90. The highest BCUT2D eigenvalue weighted by Gasteiger charge is 2.16. The predicted octanol–water partition coefficient (Wildman–Crippen LogP) is 4.97. The van der Waals surface area contributed by atoms with Crippen LogP contribution in [-0.2, 0) is 0 Å². The van der Waals surface area contributed by atoms with Crippen molar-refractivity contribution in [2.24, 2.45) is 0 Å². The molecule has 5 aromatic rings. The molecular weight excluding hydrogens is 420 g/mol. The van der Waals surface area contributed by atoms with Crippen molar-refractivity contribution in [1.82, 2.24) is 0 Å². The molecule has 31 heavy (non-hydrogen) atoms. The number of fused-ring (bicyclic) bond motifs is 4. The summed E-state index contributed by atoms with van der Waals surface area (Å²) in [5.74, 6) is 0.0892. The van der Waals surface area contributed by atoms with Crippen molar-refractivity contribution in [3.05, 3.63) is 98.0 Å². The number of para-hydroxylation sites is 1. The van der Waals surface area contributed by atoms with Gasteiger partial charge >= 0.3 is 5.63 Å². The van der Waals surface area contributed by atoms with E-state index in [-0.39, 0.29) is 34.4 Å². The molecule has 0 aliphatic rings. The first-order valence-electron chi connectivity index (χ1n) is 9.35. The summed E-state index contributed by atoms with van der Waals surface area (Å²) in [4.78, 5) is 37.8. The highest BCUT2D eigenvalue weighted by molar-refractivity contribution is 6.30. The lowest BCUT2D eigenvalue weighted by atomic mass is 10.1. The highest BCUT2D eigenvalue weighted by atomic mass is 35.5. The average Bonchev–Trinajstić information content (AvgIpc) is 2.78. The van der Waals surface area contributed by atoms with E-state index in [9.17, 15) is 14.4 Å². The molecule has 6 nitrogen and oxygen atoms in total. The number of halogens is 1. The minimum Gasteiger partial charge on any atom is -0.485 e. The maximum Gasteiger partial charge on any atom is 0.380 e. The number of hydrogen-bond acceptors (Lipinski definition) is 6. The third kappa shape index (κ3) is 3.37. The van der Waals surface area contributed by atoms with Gasteiger partial charge in [-0.3, -0.25) is 9.59 Å². The molecule has 0 atom stereocenters. The van der Waals surface area contributed by atoms with Gasteiger partial charge in [0.2, 0.25) is 11.0 Å². The Balaban J connectivity index is 1.55. The van der Waals surface area contributed by atoms with Crippen molar-refractivity contribution in [3.63, 3.8) is 0 Å². The first-order valence-corrected chi connectivity index (χ1v) is 9.73. The van der Waals surface area contributed by atoms with E-state index in [1.165, 1.54) is 6.07 Å². The van der Waals surface area contributed by atoms with E-state index in [4.69, 9.17) is 25.2 Å². The summed E-state index contributed by atoms with van der Waals surface area (Å²) in [7, 11) is 0. The molecule has 0 aliphatic heterocycles. The monoisotopic (exact) mass is 432 g/mol. The first-order chi connectivity index (χ1) is 15.0. The maximum atomic E-state index is 13.1. The highest BCUT2D eigenvalue weighted by Crippen LogP contribution is 2.26. The molecule has 2 aromatic heterocycles. The minimum absolute atomic E-state index is 0.161. The maximum absolute atomic E-state index is 13.1. The Bertz CT molecular complexity index is 1600. The summed E-state index contributed by atoms with van der Waals surface area (Å²) in [5.41, 5.74) is -0.303. The molecule has 0 radical (unpaired) electrons. The molecule has 0 saturated heterocycles. The van der Waals surface area contributed by atoms with Gasteiger partial charge in [0.1, 0.15) is 16.9 Å². The smallest absolute Gasteiger partial charge is 0.380 e. The van der Waals surface area contributed by atoms with Gasteiger partial charge in [0.25, 0.3) is 0 Å². The summed E-state index contributed by atoms with van der Waals surface area (Å²) in [6.45, 7) is -0.211. The molecule has 152 valence electrons. The standard InChI is InChI=1S/C24H13ClO6/c25-14-7-5-13(6-8-14)18(26)12-29-15-9-10-17-20(11-15)30-23-21(22(17)27)16-3-1-2-4-19(16)31-24(23)28/h1-11H,12H2. The normalized spacial score (nSPS) is 11.3. The van der Waals surface area contributed by atoms with Crippen molar-refractivity contribution >= 4 is 50.3 Å². The Kier molecular flexibility index (Phi) is 4.56. The van der Waals surface area contributed by atoms with Crippen LogP contribution in [0.3, 0.4) is 0 Å². The second-order valence-corrected chi connectivity index (χ2v) is 7.33. The van der Waals surface area contributed by atoms with Crippen LogP contribution in [0.5, 0.6) is 5.75 Å². The fraction of sp³-hybridized carbons (Fsp3) is 0.0417. The molecule has 5 rings (SSSR count). The fourth-order valence-corrected chi connectivity index (χ4v) is 3.55. The Morgan fingerprint density at radius 2 is 1.65 bits per heavy atom. The lowest BCUT2D eigenvalue weighted by molar-refractivity contribution is 0.0921. The van der Waals surface area contributed by atoms with Crippen LogP contribution >= 0.6 is 11.6 Å². The zero-order valence-electron chi connectivity index (χ0n) is 15.9. The van der Waals surface area contributed by atoms with Gasteiger partial charge in [-0.2, -0.15) is 0 Å². The van der Waals surface area contributed by atoms with E-state index < -0.39 is 5.63 Å². The lowest BCUT2D eigenvalue weighted by Gasteiger charge is -2.08. The molecule has 0 N–H and O–H groups in total. The average molecular weight is 433 g/mol. The summed E-state index contributed by atoms with van der Waals surface area (Å²) in [5, 5.41) is 1.50. The van der Waals surface area contributed by atoms with Crippen molar-refractivity contribution in [1.29, 1.82) is 0 Å². The van der Waals surface area contributed by atoms with Gasteiger partial charge in [-0.25, -0.2) is 4.79 Å². The number of ether oxygens (including phenoxy) is 1. The first kappa shape index (κ1) is 19.1. The van der Waals surface area contributed by atoms with Gasteiger partial charge in [0, 0.05) is 22.0 Å². The summed E-state index contributed by atoms with van der Waals surface area (Å²) in [6.07, 6.45) is 0. The molecule has 7 heteroatoms. The molecule has 0 bridgehead atoms. The minimum atomic E-state index is -0.739. The van der Waals surface area contributed by atoms with Crippen molar-refractivity contribution in [2.45, 2.75) is 0 Å². The van der Waals surface area contributed by atoms with Gasteiger partial charge in [0.15, 0.2) is 12.4 Å². The molecule has 3 aromatic carbocycles. The second-order valence-electron chi connectivity index (χ2n) is 6.90. The van der Waals surface area contributed by atoms with Gasteiger partial charge in [-0.05, 0) is 42.5 Å². The molecular formula is C24H13ClO6. The summed E-state index contributed by atoms with van der Waals surface area (Å²) < 4.78 is 16.6. The van der Waals surface area contributed by atoms with Crippen molar-refractivity contribution < 1.29 is 18.4 Å². The van der Waals surface area contributed by atoms with Crippen LogP contribution < -0.4 is 15.8 Å². The van der Waals surface area contributed by atoms with E-state index in [1.807, 2.05) is 0 Å². The summed E-state index contributed by atoms with van der Waals surface area (Å²) in [6, 6.07) is 17.9. The van der Waals surface area contributed by atoms with E-state index in [0.29, 0.717) is 32.7 Å². The van der Waals surface area contributed by atoms with Crippen molar-refractivity contribution in [2.75, 3.05) is 6.61 Å².